The maximum Gasteiger partial charge on any atom is 0.353 e. The molecule has 2 unspecified atom stereocenters. The molecule has 0 radical (unpaired) electrons. The molecule has 18 heteroatoms. The lowest BCUT2D eigenvalue weighted by molar-refractivity contribution is -0.383. The van der Waals surface area contributed by atoms with Crippen LogP contribution in [0.15, 0.2) is 36.7 Å². The lowest BCUT2D eigenvalue weighted by Crippen LogP contribution is -2.37. The van der Waals surface area contributed by atoms with Crippen molar-refractivity contribution in [3.05, 3.63) is 74.9 Å². The van der Waals surface area contributed by atoms with Crippen molar-refractivity contribution in [2.24, 2.45) is 0 Å². The van der Waals surface area contributed by atoms with Gasteiger partial charge in [0, 0.05) is 48.9 Å². The van der Waals surface area contributed by atoms with E-state index in [1.807, 2.05) is 70.0 Å². The summed E-state index contributed by atoms with van der Waals surface area (Å²) in [6.45, 7) is 14.3. The van der Waals surface area contributed by atoms with Gasteiger partial charge in [-0.05, 0) is 70.7 Å². The van der Waals surface area contributed by atoms with Crippen molar-refractivity contribution in [3.8, 4) is 12.0 Å². The predicted molar refractivity (Wildman–Crippen MR) is 228 cm³/mol. The number of fused-ring (bicyclic) bond motifs is 1. The minimum Gasteiger partial charge on any atom is -0.465 e. The highest BCUT2D eigenvalue weighted by Gasteiger charge is 2.31. The second kappa shape index (κ2) is 23.3. The molecule has 5 heterocycles. The average molecular weight is 820 g/mol. The van der Waals surface area contributed by atoms with Gasteiger partial charge in [0.2, 0.25) is 11.6 Å². The Kier molecular flexibility index (Phi) is 19.3. The van der Waals surface area contributed by atoms with E-state index < -0.39 is 16.6 Å². The third kappa shape index (κ3) is 14.3. The Labute approximate surface area is 347 Å². The summed E-state index contributed by atoms with van der Waals surface area (Å²) in [6, 6.07) is 7.77. The van der Waals surface area contributed by atoms with Crippen LogP contribution in [-0.4, -0.2) is 78.5 Å². The second-order valence-electron chi connectivity index (χ2n) is 13.8. The highest BCUT2D eigenvalue weighted by atomic mass is 16.6. The first-order valence-corrected chi connectivity index (χ1v) is 19.0. The molecule has 0 amide bonds. The number of aryl methyl sites for hydroxylation is 2. The zero-order valence-electron chi connectivity index (χ0n) is 33.7. The van der Waals surface area contributed by atoms with Crippen molar-refractivity contribution in [1.29, 1.82) is 0 Å². The number of rotatable bonds is 17. The van der Waals surface area contributed by atoms with E-state index in [2.05, 4.69) is 36.8 Å². The van der Waals surface area contributed by atoms with E-state index in [4.69, 9.17) is 25.7 Å². The summed E-state index contributed by atoms with van der Waals surface area (Å²) in [5, 5.41) is 11.7. The van der Waals surface area contributed by atoms with Crippen molar-refractivity contribution in [2.45, 2.75) is 121 Å². The fourth-order valence-corrected chi connectivity index (χ4v) is 5.99. The quantitative estimate of drug-likeness (QED) is 0.0652. The number of carbonyl (C=O) groups is 2. The Hall–Kier alpha value is -6.20. The fraction of sp³-hybridized carbons (Fsp3) is 0.512. The zero-order chi connectivity index (χ0) is 41.6. The number of ether oxygens (including phenoxy) is 3. The number of aromatic nitrogens is 6. The molecule has 59 heavy (non-hydrogen) atoms. The first kappa shape index (κ1) is 48.9. The van der Waals surface area contributed by atoms with Gasteiger partial charge in [-0.1, -0.05) is 53.7 Å². The van der Waals surface area contributed by atoms with E-state index in [-0.39, 0.29) is 82.6 Å². The van der Waals surface area contributed by atoms with Crippen LogP contribution in [0.5, 0.6) is 12.0 Å². The van der Waals surface area contributed by atoms with Gasteiger partial charge in [0.15, 0.2) is 5.78 Å². The van der Waals surface area contributed by atoms with Crippen LogP contribution in [0.4, 0.5) is 29.0 Å². The summed E-state index contributed by atoms with van der Waals surface area (Å²) in [6.07, 6.45) is 7.07. The van der Waals surface area contributed by atoms with Crippen LogP contribution < -0.4 is 30.7 Å². The third-order valence-corrected chi connectivity index (χ3v) is 8.71. The molecule has 0 saturated heterocycles. The van der Waals surface area contributed by atoms with Crippen LogP contribution in [0.3, 0.4) is 0 Å². The lowest BCUT2D eigenvalue weighted by Gasteiger charge is -2.30. The van der Waals surface area contributed by atoms with Gasteiger partial charge in [0.05, 0.1) is 30.3 Å². The van der Waals surface area contributed by atoms with Crippen molar-refractivity contribution in [3.63, 3.8) is 0 Å². The molecule has 1 aliphatic rings. The molecular formula is C41H61N11O7. The van der Waals surface area contributed by atoms with Crippen LogP contribution in [0.2, 0.25) is 0 Å². The van der Waals surface area contributed by atoms with Gasteiger partial charge in [0.25, 0.3) is 0 Å². The highest BCUT2D eigenvalue weighted by Crippen LogP contribution is 2.34. The SMILES string of the molecule is C.C.CCCC(C)Oc1nc(N)c([N+](=O)[O-])c(N(CC(=O)OCC)Cc2ccc(C)nc2)n1.CCCC(C)Oc1nc(N)c2c(n1)N(Cc1ccc(C)nc1)CC(=O)C2. The molecule has 0 fully saturated rings. The number of nitrogens with zero attached hydrogens (tertiary/aromatic N) is 9. The largest absolute Gasteiger partial charge is 0.465 e. The van der Waals surface area contributed by atoms with Crippen molar-refractivity contribution in [2.75, 3.05) is 41.0 Å². The summed E-state index contributed by atoms with van der Waals surface area (Å²) in [7, 11) is 0. The maximum atomic E-state index is 12.2. The van der Waals surface area contributed by atoms with E-state index in [9.17, 15) is 19.7 Å². The molecule has 4 aromatic heterocycles. The Morgan fingerprint density at radius 2 is 1.44 bits per heavy atom. The van der Waals surface area contributed by atoms with Crippen LogP contribution in [0.1, 0.15) is 103 Å². The number of nitrogen functional groups attached to an aromatic ring is 2. The second-order valence-corrected chi connectivity index (χ2v) is 13.8. The topological polar surface area (TPSA) is 241 Å². The molecule has 0 aromatic carbocycles. The molecular weight excluding hydrogens is 759 g/mol. The monoisotopic (exact) mass is 819 g/mol. The van der Waals surface area contributed by atoms with Gasteiger partial charge in [-0.15, -0.1) is 0 Å². The van der Waals surface area contributed by atoms with E-state index >= 15 is 0 Å². The molecule has 0 spiro atoms. The van der Waals surface area contributed by atoms with Crippen molar-refractivity contribution < 1.29 is 28.7 Å². The van der Waals surface area contributed by atoms with E-state index in [1.54, 1.807) is 13.1 Å². The maximum absolute atomic E-state index is 12.2. The van der Waals surface area contributed by atoms with Gasteiger partial charge >= 0.3 is 23.7 Å². The molecule has 322 valence electrons. The lowest BCUT2D eigenvalue weighted by atomic mass is 10.0. The standard InChI is InChI=1S/C20H28N6O5.C19H25N5O2.2CH4/c1-5-7-14(4)31-20-23-18(21)17(26(28)29)19(24-20)25(12-16(27)30-6-2)11-15-9-8-13(3)22-10-15;1-4-5-13(3)26-19-22-17(20)16-8-15(25)11-24(18(16)23-19)10-14-7-6-12(2)21-9-14;;/h8-10,14H,5-7,11-12H2,1-4H3,(H2,21,23,24);6-7,9,13H,4-5,8,10-11H2,1-3H3,(H2,20,22,23);2*1H4. The van der Waals surface area contributed by atoms with Gasteiger partial charge in [-0.25, -0.2) is 0 Å². The number of hydrogen-bond donors (Lipinski definition) is 2. The van der Waals surface area contributed by atoms with Gasteiger partial charge < -0.3 is 35.5 Å². The normalized spacial score (nSPS) is 12.7. The molecule has 5 rings (SSSR count). The summed E-state index contributed by atoms with van der Waals surface area (Å²) >= 11 is 0. The van der Waals surface area contributed by atoms with Crippen molar-refractivity contribution >= 4 is 40.7 Å². The van der Waals surface area contributed by atoms with Crippen LogP contribution in [-0.2, 0) is 33.8 Å². The number of nitrogens with two attached hydrogens (primary N) is 2. The number of ketones is 1. The zero-order valence-corrected chi connectivity index (χ0v) is 33.7. The fourth-order valence-electron chi connectivity index (χ4n) is 5.99. The average Bonchev–Trinajstić information content (AvgIpc) is 3.14. The number of pyridine rings is 2. The number of esters is 1. The first-order chi connectivity index (χ1) is 27.2. The smallest absolute Gasteiger partial charge is 0.353 e. The number of hydrogen-bond acceptors (Lipinski definition) is 17. The number of anilines is 4. The van der Waals surface area contributed by atoms with E-state index in [0.717, 1.165) is 48.2 Å². The Balaban J connectivity index is 0.000000398. The van der Waals surface area contributed by atoms with Crippen molar-refractivity contribution in [1.82, 2.24) is 29.9 Å². The first-order valence-electron chi connectivity index (χ1n) is 19.0. The molecule has 0 aliphatic carbocycles. The molecule has 18 nitrogen and oxygen atoms in total. The summed E-state index contributed by atoms with van der Waals surface area (Å²) < 4.78 is 16.6. The Morgan fingerprint density at radius 1 is 0.881 bits per heavy atom. The molecule has 4 aromatic rings. The minimum absolute atomic E-state index is 0. The molecule has 2 atom stereocenters. The molecule has 4 N–H and O–H groups in total. The van der Waals surface area contributed by atoms with Gasteiger partial charge in [-0.3, -0.25) is 29.7 Å². The van der Waals surface area contributed by atoms with Crippen LogP contribution in [0.25, 0.3) is 0 Å². The molecule has 0 bridgehead atoms. The summed E-state index contributed by atoms with van der Waals surface area (Å²) in [5.74, 6) is 0.0660. The Morgan fingerprint density at radius 3 is 1.97 bits per heavy atom. The number of nitro groups is 1. The van der Waals surface area contributed by atoms with Crippen LogP contribution in [0, 0.1) is 24.0 Å². The van der Waals surface area contributed by atoms with E-state index in [0.29, 0.717) is 30.3 Å². The summed E-state index contributed by atoms with van der Waals surface area (Å²) in [5.41, 5.74) is 15.7. The minimum atomic E-state index is -0.671. The third-order valence-electron chi connectivity index (χ3n) is 8.71. The Bertz CT molecular complexity index is 1980. The molecule has 1 aliphatic heterocycles. The summed E-state index contributed by atoms with van der Waals surface area (Å²) in [4.78, 5) is 64.4. The number of Topliss-reactive ketones (excluding diaryl/α,β-unsaturated/α-hetero) is 1. The molecule has 0 saturated carbocycles. The van der Waals surface area contributed by atoms with Gasteiger partial charge in [-0.2, -0.15) is 19.9 Å². The highest BCUT2D eigenvalue weighted by molar-refractivity contribution is 5.91. The van der Waals surface area contributed by atoms with E-state index in [1.165, 1.54) is 4.90 Å². The van der Waals surface area contributed by atoms with Crippen LogP contribution >= 0.6 is 0 Å². The van der Waals surface area contributed by atoms with Gasteiger partial charge in [0.1, 0.15) is 18.2 Å². The predicted octanol–water partition coefficient (Wildman–Crippen LogP) is 6.54. The number of carbonyl (C=O) groups excluding carboxylic acids is 2.